The van der Waals surface area contributed by atoms with Crippen LogP contribution in [0.5, 0.6) is 0 Å². The Morgan fingerprint density at radius 3 is 2.75 bits per heavy atom. The van der Waals surface area contributed by atoms with E-state index >= 15 is 0 Å². The summed E-state index contributed by atoms with van der Waals surface area (Å²) in [5.41, 5.74) is 1.66. The molecular weight excluding hydrogens is 329 g/mol. The Balaban J connectivity index is 1.73. The van der Waals surface area contributed by atoms with Gasteiger partial charge in [-0.25, -0.2) is 9.37 Å². The zero-order chi connectivity index (χ0) is 17.3. The molecule has 1 aliphatic rings. The van der Waals surface area contributed by atoms with Gasteiger partial charge in [-0.3, -0.25) is 9.69 Å². The van der Waals surface area contributed by atoms with Crippen LogP contribution in [0, 0.1) is 5.82 Å². The Kier molecular flexibility index (Phi) is 4.93. The molecule has 0 spiro atoms. The zero-order valence-electron chi connectivity index (χ0n) is 13.6. The van der Waals surface area contributed by atoms with Gasteiger partial charge in [-0.1, -0.05) is 0 Å². The Morgan fingerprint density at radius 2 is 2.12 bits per heavy atom. The van der Waals surface area contributed by atoms with Crippen molar-refractivity contribution in [2.75, 3.05) is 20.6 Å². The van der Waals surface area contributed by atoms with Crippen molar-refractivity contribution in [2.45, 2.75) is 25.0 Å². The SMILES string of the molecule is CN(C)[C@@H]1C[C@@H](C(=O)O)N(Cc2nc(-c3ccc(F)cc3)cs2)C1. The lowest BCUT2D eigenvalue weighted by Crippen LogP contribution is -2.35. The van der Waals surface area contributed by atoms with Gasteiger partial charge < -0.3 is 10.0 Å². The summed E-state index contributed by atoms with van der Waals surface area (Å²) in [4.78, 5) is 20.1. The lowest BCUT2D eigenvalue weighted by atomic mass is 10.1. The molecule has 1 saturated heterocycles. The maximum absolute atomic E-state index is 13.0. The molecule has 0 amide bonds. The van der Waals surface area contributed by atoms with Crippen LogP contribution in [0.25, 0.3) is 11.3 Å². The number of carboxylic acid groups (broad SMARTS) is 1. The highest BCUT2D eigenvalue weighted by Gasteiger charge is 2.37. The van der Waals surface area contributed by atoms with Crippen molar-refractivity contribution in [1.29, 1.82) is 0 Å². The number of aliphatic carboxylic acids is 1. The standard InChI is InChI=1S/C17H20FN3O2S/c1-20(2)13-7-15(17(22)23)21(8-13)9-16-19-14(10-24-16)11-3-5-12(18)6-4-11/h3-6,10,13,15H,7-9H2,1-2H3,(H,22,23)/t13-,15+/m1/s1. The second kappa shape index (κ2) is 6.96. The molecular formula is C17H20FN3O2S. The van der Waals surface area contributed by atoms with Gasteiger partial charge in [-0.2, -0.15) is 0 Å². The predicted molar refractivity (Wildman–Crippen MR) is 91.4 cm³/mol. The summed E-state index contributed by atoms with van der Waals surface area (Å²) in [5.74, 6) is -1.06. The Labute approximate surface area is 144 Å². The molecule has 3 rings (SSSR count). The maximum Gasteiger partial charge on any atom is 0.320 e. The van der Waals surface area contributed by atoms with Crippen LogP contribution >= 0.6 is 11.3 Å². The highest BCUT2D eigenvalue weighted by molar-refractivity contribution is 7.09. The highest BCUT2D eigenvalue weighted by Crippen LogP contribution is 2.27. The summed E-state index contributed by atoms with van der Waals surface area (Å²) in [6, 6.07) is 5.99. The fourth-order valence-corrected chi connectivity index (χ4v) is 3.82. The second-order valence-electron chi connectivity index (χ2n) is 6.27. The van der Waals surface area contributed by atoms with Crippen molar-refractivity contribution in [3.05, 3.63) is 40.5 Å². The first kappa shape index (κ1) is 17.0. The molecule has 1 aromatic heterocycles. The summed E-state index contributed by atoms with van der Waals surface area (Å²) >= 11 is 1.51. The number of benzene rings is 1. The van der Waals surface area contributed by atoms with Crippen molar-refractivity contribution in [2.24, 2.45) is 0 Å². The minimum atomic E-state index is -0.783. The third kappa shape index (κ3) is 3.63. The molecule has 0 unspecified atom stereocenters. The molecule has 7 heteroatoms. The van der Waals surface area contributed by atoms with Gasteiger partial charge in [0.2, 0.25) is 0 Å². The van der Waals surface area contributed by atoms with E-state index in [1.54, 1.807) is 12.1 Å². The van der Waals surface area contributed by atoms with Crippen molar-refractivity contribution < 1.29 is 14.3 Å². The third-order valence-electron chi connectivity index (χ3n) is 4.43. The number of hydrogen-bond acceptors (Lipinski definition) is 5. The number of rotatable bonds is 5. The van der Waals surface area contributed by atoms with Crippen LogP contribution in [0.4, 0.5) is 4.39 Å². The van der Waals surface area contributed by atoms with Crippen LogP contribution in [0.1, 0.15) is 11.4 Å². The molecule has 0 radical (unpaired) electrons. The van der Waals surface area contributed by atoms with Crippen molar-refractivity contribution in [1.82, 2.24) is 14.8 Å². The van der Waals surface area contributed by atoms with E-state index in [4.69, 9.17) is 0 Å². The predicted octanol–water partition coefficient (Wildman–Crippen LogP) is 2.54. The van der Waals surface area contributed by atoms with E-state index in [9.17, 15) is 14.3 Å². The number of carbonyl (C=O) groups is 1. The van der Waals surface area contributed by atoms with Crippen molar-refractivity contribution in [3.8, 4) is 11.3 Å². The molecule has 0 saturated carbocycles. The van der Waals surface area contributed by atoms with Crippen LogP contribution in [-0.4, -0.2) is 58.6 Å². The number of aromatic nitrogens is 1. The van der Waals surface area contributed by atoms with Gasteiger partial charge in [0.1, 0.15) is 16.9 Å². The molecule has 5 nitrogen and oxygen atoms in total. The first-order valence-electron chi connectivity index (χ1n) is 7.77. The van der Waals surface area contributed by atoms with Gasteiger partial charge in [-0.15, -0.1) is 11.3 Å². The Morgan fingerprint density at radius 1 is 1.42 bits per heavy atom. The zero-order valence-corrected chi connectivity index (χ0v) is 14.5. The molecule has 0 bridgehead atoms. The second-order valence-corrected chi connectivity index (χ2v) is 7.21. The van der Waals surface area contributed by atoms with E-state index in [1.807, 2.05) is 24.4 Å². The summed E-state index contributed by atoms with van der Waals surface area (Å²) in [6.45, 7) is 1.24. The average Bonchev–Trinajstić information content (AvgIpc) is 3.16. The molecule has 2 atom stereocenters. The fourth-order valence-electron chi connectivity index (χ4n) is 3.00. The first-order valence-corrected chi connectivity index (χ1v) is 8.65. The maximum atomic E-state index is 13.0. The minimum absolute atomic E-state index is 0.239. The monoisotopic (exact) mass is 349 g/mol. The summed E-state index contributed by atoms with van der Waals surface area (Å²) in [7, 11) is 3.95. The van der Waals surface area contributed by atoms with Crippen molar-refractivity contribution >= 4 is 17.3 Å². The largest absolute Gasteiger partial charge is 0.480 e. The van der Waals surface area contributed by atoms with Gasteiger partial charge in [-0.05, 0) is 44.8 Å². The van der Waals surface area contributed by atoms with Gasteiger partial charge in [0, 0.05) is 23.5 Å². The van der Waals surface area contributed by atoms with E-state index in [2.05, 4.69) is 9.88 Å². The number of likely N-dealkylation sites (N-methyl/N-ethyl adjacent to an activating group) is 1. The number of thiazole rings is 1. The van der Waals surface area contributed by atoms with Gasteiger partial charge >= 0.3 is 5.97 Å². The summed E-state index contributed by atoms with van der Waals surface area (Å²) in [5, 5.41) is 12.3. The van der Waals surface area contributed by atoms with E-state index in [0.29, 0.717) is 13.0 Å². The first-order chi connectivity index (χ1) is 11.4. The lowest BCUT2D eigenvalue weighted by molar-refractivity contribution is -0.142. The smallest absolute Gasteiger partial charge is 0.320 e. The van der Waals surface area contributed by atoms with Gasteiger partial charge in [0.05, 0.1) is 12.2 Å². The van der Waals surface area contributed by atoms with Gasteiger partial charge in [0.15, 0.2) is 0 Å². The van der Waals surface area contributed by atoms with E-state index in [-0.39, 0.29) is 11.9 Å². The molecule has 1 fully saturated rings. The quantitative estimate of drug-likeness (QED) is 0.899. The molecule has 2 aromatic rings. The highest BCUT2D eigenvalue weighted by atomic mass is 32.1. The van der Waals surface area contributed by atoms with Gasteiger partial charge in [0.25, 0.3) is 0 Å². The summed E-state index contributed by atoms with van der Waals surface area (Å²) in [6.07, 6.45) is 0.624. The van der Waals surface area contributed by atoms with E-state index in [1.165, 1.54) is 23.5 Å². The molecule has 128 valence electrons. The lowest BCUT2D eigenvalue weighted by Gasteiger charge is -2.20. The molecule has 2 heterocycles. The summed E-state index contributed by atoms with van der Waals surface area (Å²) < 4.78 is 13.0. The Bertz CT molecular complexity index is 717. The number of hydrogen-bond donors (Lipinski definition) is 1. The van der Waals surface area contributed by atoms with E-state index in [0.717, 1.165) is 22.8 Å². The molecule has 1 aromatic carbocycles. The third-order valence-corrected chi connectivity index (χ3v) is 5.26. The van der Waals surface area contributed by atoms with Crippen LogP contribution in [0.2, 0.25) is 0 Å². The topological polar surface area (TPSA) is 56.7 Å². The average molecular weight is 349 g/mol. The normalized spacial score (nSPS) is 21.5. The number of nitrogens with zero attached hydrogens (tertiary/aromatic N) is 3. The van der Waals surface area contributed by atoms with Crippen LogP contribution in [-0.2, 0) is 11.3 Å². The number of likely N-dealkylation sites (tertiary alicyclic amines) is 1. The molecule has 0 aliphatic carbocycles. The number of halogens is 1. The molecule has 1 N–H and O–H groups in total. The molecule has 1 aliphatic heterocycles. The van der Waals surface area contributed by atoms with Crippen LogP contribution < -0.4 is 0 Å². The number of carboxylic acids is 1. The van der Waals surface area contributed by atoms with Crippen LogP contribution in [0.3, 0.4) is 0 Å². The van der Waals surface area contributed by atoms with Crippen LogP contribution in [0.15, 0.2) is 29.6 Å². The molecule has 24 heavy (non-hydrogen) atoms. The Hall–Kier alpha value is -1.83. The van der Waals surface area contributed by atoms with E-state index < -0.39 is 12.0 Å². The van der Waals surface area contributed by atoms with Crippen molar-refractivity contribution in [3.63, 3.8) is 0 Å². The fraction of sp³-hybridized carbons (Fsp3) is 0.412. The minimum Gasteiger partial charge on any atom is -0.480 e.